The average Bonchev–Trinajstić information content (AvgIpc) is 2.75. The summed E-state index contributed by atoms with van der Waals surface area (Å²) in [5.41, 5.74) is 0. The first-order valence-corrected chi connectivity index (χ1v) is 12.2. The first-order chi connectivity index (χ1) is 14.4. The standard InChI is InChI=1S/C24H44N2O4/c1-5-8-9-10-11-12-19-13-15-20(16-14-19)23(28)26-22(18(4)6-2)24(29)25-17-21(27)30-7-3/h18-20,22H,5-17H2,1-4H3,(H,25,29)(H,26,28)/t18-,19?,20?,22+/m1/s1. The van der Waals surface area contributed by atoms with Gasteiger partial charge in [-0.3, -0.25) is 14.4 Å². The summed E-state index contributed by atoms with van der Waals surface area (Å²) in [5, 5.41) is 5.58. The third-order valence-corrected chi connectivity index (χ3v) is 6.44. The molecule has 2 amide bonds. The highest BCUT2D eigenvalue weighted by Gasteiger charge is 2.31. The minimum Gasteiger partial charge on any atom is -0.465 e. The van der Waals surface area contributed by atoms with Gasteiger partial charge in [-0.1, -0.05) is 65.7 Å². The van der Waals surface area contributed by atoms with Gasteiger partial charge in [-0.05, 0) is 44.4 Å². The zero-order chi connectivity index (χ0) is 22.4. The molecule has 174 valence electrons. The Morgan fingerprint density at radius 3 is 2.23 bits per heavy atom. The molecule has 0 radical (unpaired) electrons. The summed E-state index contributed by atoms with van der Waals surface area (Å²) in [7, 11) is 0. The summed E-state index contributed by atoms with van der Waals surface area (Å²) in [6.07, 6.45) is 12.6. The third-order valence-electron chi connectivity index (χ3n) is 6.44. The SMILES string of the molecule is CCCCCCCC1CCC(C(=O)N[C@H](C(=O)NCC(=O)OCC)[C@H](C)CC)CC1. The molecule has 0 saturated heterocycles. The van der Waals surface area contributed by atoms with E-state index in [0.29, 0.717) is 0 Å². The fraction of sp³-hybridized carbons (Fsp3) is 0.875. The van der Waals surface area contributed by atoms with Crippen molar-refractivity contribution in [3.8, 4) is 0 Å². The van der Waals surface area contributed by atoms with Crippen molar-refractivity contribution in [2.45, 2.75) is 104 Å². The Labute approximate surface area is 183 Å². The number of ether oxygens (including phenoxy) is 1. The van der Waals surface area contributed by atoms with Gasteiger partial charge < -0.3 is 15.4 Å². The van der Waals surface area contributed by atoms with Gasteiger partial charge >= 0.3 is 5.97 Å². The van der Waals surface area contributed by atoms with Crippen LogP contribution in [0.5, 0.6) is 0 Å². The normalized spacial score (nSPS) is 20.8. The Kier molecular flexibility index (Phi) is 13.4. The molecule has 2 atom stereocenters. The minimum atomic E-state index is -0.617. The Hall–Kier alpha value is -1.59. The van der Waals surface area contributed by atoms with E-state index in [9.17, 15) is 14.4 Å². The molecule has 0 aliphatic heterocycles. The summed E-state index contributed by atoms with van der Waals surface area (Å²) in [5.74, 6) is -0.0668. The van der Waals surface area contributed by atoms with Gasteiger partial charge in [0.25, 0.3) is 0 Å². The zero-order valence-electron chi connectivity index (χ0n) is 19.6. The molecule has 6 heteroatoms. The van der Waals surface area contributed by atoms with Crippen LogP contribution < -0.4 is 10.6 Å². The van der Waals surface area contributed by atoms with Gasteiger partial charge in [0.1, 0.15) is 12.6 Å². The van der Waals surface area contributed by atoms with E-state index in [1.165, 1.54) is 38.5 Å². The van der Waals surface area contributed by atoms with E-state index >= 15 is 0 Å². The molecule has 0 unspecified atom stereocenters. The topological polar surface area (TPSA) is 84.5 Å². The van der Waals surface area contributed by atoms with Crippen molar-refractivity contribution in [1.82, 2.24) is 10.6 Å². The molecule has 0 spiro atoms. The minimum absolute atomic E-state index is 0.00407. The predicted octanol–water partition coefficient (Wildman–Crippen LogP) is 4.36. The summed E-state index contributed by atoms with van der Waals surface area (Å²) in [6.45, 7) is 8.02. The first-order valence-electron chi connectivity index (χ1n) is 12.2. The van der Waals surface area contributed by atoms with Crippen molar-refractivity contribution in [3.63, 3.8) is 0 Å². The van der Waals surface area contributed by atoms with Gasteiger partial charge in [-0.15, -0.1) is 0 Å². The predicted molar refractivity (Wildman–Crippen MR) is 120 cm³/mol. The van der Waals surface area contributed by atoms with Gasteiger partial charge in [-0.25, -0.2) is 0 Å². The lowest BCUT2D eigenvalue weighted by molar-refractivity contribution is -0.143. The average molecular weight is 425 g/mol. The van der Waals surface area contributed by atoms with Crippen molar-refractivity contribution in [2.24, 2.45) is 17.8 Å². The van der Waals surface area contributed by atoms with Crippen LogP contribution in [0.1, 0.15) is 98.3 Å². The number of carbonyl (C=O) groups excluding carboxylic acids is 3. The van der Waals surface area contributed by atoms with Gasteiger partial charge in [0.2, 0.25) is 11.8 Å². The Morgan fingerprint density at radius 1 is 0.967 bits per heavy atom. The Morgan fingerprint density at radius 2 is 1.63 bits per heavy atom. The van der Waals surface area contributed by atoms with E-state index < -0.39 is 12.0 Å². The molecule has 0 aromatic heterocycles. The monoisotopic (exact) mass is 424 g/mol. The molecular formula is C24H44N2O4. The quantitative estimate of drug-likeness (QED) is 0.320. The summed E-state index contributed by atoms with van der Waals surface area (Å²) >= 11 is 0. The maximum Gasteiger partial charge on any atom is 0.325 e. The number of hydrogen-bond acceptors (Lipinski definition) is 4. The van der Waals surface area contributed by atoms with Crippen molar-refractivity contribution in [1.29, 1.82) is 0 Å². The lowest BCUT2D eigenvalue weighted by atomic mass is 9.79. The number of amides is 2. The molecule has 0 aromatic rings. The van der Waals surface area contributed by atoms with Crippen LogP contribution >= 0.6 is 0 Å². The molecule has 0 heterocycles. The number of rotatable bonds is 14. The van der Waals surface area contributed by atoms with Gasteiger partial charge in [0.15, 0.2) is 0 Å². The molecule has 1 aliphatic rings. The Balaban J connectivity index is 2.44. The van der Waals surface area contributed by atoms with Gasteiger partial charge in [-0.2, -0.15) is 0 Å². The second-order valence-corrected chi connectivity index (χ2v) is 8.82. The van der Waals surface area contributed by atoms with Crippen molar-refractivity contribution in [3.05, 3.63) is 0 Å². The molecular weight excluding hydrogens is 380 g/mol. The largest absolute Gasteiger partial charge is 0.465 e. The lowest BCUT2D eigenvalue weighted by Crippen LogP contribution is -2.52. The van der Waals surface area contributed by atoms with E-state index in [0.717, 1.165) is 38.0 Å². The summed E-state index contributed by atoms with van der Waals surface area (Å²) in [4.78, 5) is 36.9. The van der Waals surface area contributed by atoms with Crippen LogP contribution in [0.2, 0.25) is 0 Å². The lowest BCUT2D eigenvalue weighted by Gasteiger charge is -2.30. The molecule has 30 heavy (non-hydrogen) atoms. The highest BCUT2D eigenvalue weighted by molar-refractivity contribution is 5.90. The van der Waals surface area contributed by atoms with E-state index in [1.807, 2.05) is 13.8 Å². The first kappa shape index (κ1) is 26.4. The molecule has 1 fully saturated rings. The number of esters is 1. The van der Waals surface area contributed by atoms with Crippen LogP contribution in [0.3, 0.4) is 0 Å². The highest BCUT2D eigenvalue weighted by Crippen LogP contribution is 2.32. The second kappa shape index (κ2) is 15.2. The molecule has 0 aromatic carbocycles. The van der Waals surface area contributed by atoms with E-state index in [1.54, 1.807) is 6.92 Å². The molecule has 1 rings (SSSR count). The molecule has 1 saturated carbocycles. The van der Waals surface area contributed by atoms with Crippen LogP contribution in [0.25, 0.3) is 0 Å². The van der Waals surface area contributed by atoms with Crippen molar-refractivity contribution < 1.29 is 19.1 Å². The van der Waals surface area contributed by atoms with E-state index in [4.69, 9.17) is 4.74 Å². The van der Waals surface area contributed by atoms with Crippen molar-refractivity contribution >= 4 is 17.8 Å². The molecule has 2 N–H and O–H groups in total. The zero-order valence-corrected chi connectivity index (χ0v) is 19.6. The van der Waals surface area contributed by atoms with Crippen LogP contribution in [0, 0.1) is 17.8 Å². The number of unbranched alkanes of at least 4 members (excludes halogenated alkanes) is 4. The summed E-state index contributed by atoms with van der Waals surface area (Å²) < 4.78 is 4.85. The van der Waals surface area contributed by atoms with Crippen LogP contribution in [-0.4, -0.2) is 37.0 Å². The molecule has 0 bridgehead atoms. The van der Waals surface area contributed by atoms with Gasteiger partial charge in [0, 0.05) is 5.92 Å². The Bertz CT molecular complexity index is 515. The number of hydrogen-bond donors (Lipinski definition) is 2. The smallest absolute Gasteiger partial charge is 0.325 e. The second-order valence-electron chi connectivity index (χ2n) is 8.82. The maximum atomic E-state index is 12.8. The van der Waals surface area contributed by atoms with Crippen molar-refractivity contribution in [2.75, 3.05) is 13.2 Å². The highest BCUT2D eigenvalue weighted by atomic mass is 16.5. The van der Waals surface area contributed by atoms with Gasteiger partial charge in [0.05, 0.1) is 6.61 Å². The fourth-order valence-electron chi connectivity index (χ4n) is 4.20. The fourth-order valence-corrected chi connectivity index (χ4v) is 4.20. The molecule has 6 nitrogen and oxygen atoms in total. The number of carbonyl (C=O) groups is 3. The maximum absolute atomic E-state index is 12.8. The molecule has 1 aliphatic carbocycles. The van der Waals surface area contributed by atoms with Crippen LogP contribution in [0.15, 0.2) is 0 Å². The van der Waals surface area contributed by atoms with E-state index in [-0.39, 0.29) is 36.8 Å². The van der Waals surface area contributed by atoms with E-state index in [2.05, 4.69) is 17.6 Å². The summed E-state index contributed by atoms with van der Waals surface area (Å²) in [6, 6.07) is -0.617. The van der Waals surface area contributed by atoms with Crippen LogP contribution in [-0.2, 0) is 19.1 Å². The number of nitrogens with one attached hydrogen (secondary N) is 2. The van der Waals surface area contributed by atoms with Crippen LogP contribution in [0.4, 0.5) is 0 Å². The third kappa shape index (κ3) is 9.94.